The first kappa shape index (κ1) is 23.4. The minimum Gasteiger partial charge on any atom is -0.507 e. The Balaban J connectivity index is 1.65. The van der Waals surface area contributed by atoms with Crippen molar-refractivity contribution in [3.8, 4) is 28.7 Å². The molecule has 7 nitrogen and oxygen atoms in total. The van der Waals surface area contributed by atoms with Gasteiger partial charge < -0.3 is 24.1 Å². The van der Waals surface area contributed by atoms with E-state index in [0.29, 0.717) is 23.5 Å². The molecule has 0 saturated heterocycles. The second kappa shape index (κ2) is 9.70. The highest BCUT2D eigenvalue weighted by molar-refractivity contribution is 6.06. The van der Waals surface area contributed by atoms with Crippen LogP contribution in [0, 0.1) is 0 Å². The van der Waals surface area contributed by atoms with E-state index in [4.69, 9.17) is 24.0 Å². The van der Waals surface area contributed by atoms with Gasteiger partial charge in [-0.2, -0.15) is 5.10 Å². The van der Waals surface area contributed by atoms with Crippen LogP contribution in [0.25, 0.3) is 10.8 Å². The minimum atomic E-state index is -0.114. The number of methoxy groups -OCH3 is 4. The predicted octanol–water partition coefficient (Wildman–Crippen LogP) is 5.94. The molecule has 1 atom stereocenters. The van der Waals surface area contributed by atoms with Gasteiger partial charge in [0.05, 0.1) is 45.9 Å². The smallest absolute Gasteiger partial charge is 0.164 e. The van der Waals surface area contributed by atoms with Crippen molar-refractivity contribution in [3.05, 3.63) is 83.9 Å². The van der Waals surface area contributed by atoms with Gasteiger partial charge >= 0.3 is 0 Å². The molecule has 36 heavy (non-hydrogen) atoms. The zero-order chi connectivity index (χ0) is 25.2. The van der Waals surface area contributed by atoms with Crippen molar-refractivity contribution in [1.29, 1.82) is 0 Å². The topological polar surface area (TPSA) is 72.8 Å². The van der Waals surface area contributed by atoms with Crippen LogP contribution in [0.4, 0.5) is 5.69 Å². The van der Waals surface area contributed by atoms with Crippen molar-refractivity contribution < 1.29 is 24.1 Å². The lowest BCUT2D eigenvalue weighted by molar-refractivity contribution is 0.351. The summed E-state index contributed by atoms with van der Waals surface area (Å²) in [5.74, 6) is 2.67. The van der Waals surface area contributed by atoms with Crippen LogP contribution < -0.4 is 24.0 Å². The molecule has 0 fully saturated rings. The van der Waals surface area contributed by atoms with Crippen molar-refractivity contribution in [2.24, 2.45) is 5.10 Å². The number of fused-ring (bicyclic) bond motifs is 1. The zero-order valence-electron chi connectivity index (χ0n) is 20.7. The first-order valence-corrected chi connectivity index (χ1v) is 11.6. The Morgan fingerprint density at radius 2 is 1.42 bits per heavy atom. The van der Waals surface area contributed by atoms with Gasteiger partial charge in [0.2, 0.25) is 0 Å². The summed E-state index contributed by atoms with van der Waals surface area (Å²) < 4.78 is 21.8. The number of phenolic OH excluding ortho intramolecular Hbond substituents is 1. The Morgan fingerprint density at radius 3 is 2.08 bits per heavy atom. The first-order chi connectivity index (χ1) is 17.6. The molecule has 0 saturated carbocycles. The van der Waals surface area contributed by atoms with E-state index >= 15 is 0 Å². The van der Waals surface area contributed by atoms with Gasteiger partial charge in [0.15, 0.2) is 11.5 Å². The van der Waals surface area contributed by atoms with Crippen molar-refractivity contribution >= 4 is 22.2 Å². The lowest BCUT2D eigenvalue weighted by Gasteiger charge is -2.25. The number of rotatable bonds is 7. The van der Waals surface area contributed by atoms with Crippen molar-refractivity contribution in [3.63, 3.8) is 0 Å². The summed E-state index contributed by atoms with van der Waals surface area (Å²) in [6.45, 7) is 0. The van der Waals surface area contributed by atoms with E-state index in [1.165, 1.54) is 0 Å². The van der Waals surface area contributed by atoms with E-state index in [-0.39, 0.29) is 11.8 Å². The summed E-state index contributed by atoms with van der Waals surface area (Å²) in [6.07, 6.45) is 0.575. The molecule has 1 heterocycles. The summed E-state index contributed by atoms with van der Waals surface area (Å²) in [7, 11) is 6.44. The molecular formula is C29H28N2O5. The molecular weight excluding hydrogens is 456 g/mol. The molecule has 1 aliphatic heterocycles. The minimum absolute atomic E-state index is 0.0846. The fourth-order valence-electron chi connectivity index (χ4n) is 4.75. The zero-order valence-corrected chi connectivity index (χ0v) is 20.7. The molecule has 4 aromatic carbocycles. The van der Waals surface area contributed by atoms with Crippen LogP contribution in [0.3, 0.4) is 0 Å². The van der Waals surface area contributed by atoms with Gasteiger partial charge in [-0.15, -0.1) is 0 Å². The van der Waals surface area contributed by atoms with Gasteiger partial charge in [0.25, 0.3) is 0 Å². The van der Waals surface area contributed by atoms with Crippen LogP contribution in [-0.4, -0.2) is 39.3 Å². The normalized spacial score (nSPS) is 15.1. The lowest BCUT2D eigenvalue weighted by Crippen LogP contribution is -2.18. The first-order valence-electron chi connectivity index (χ1n) is 11.6. The Labute approximate surface area is 210 Å². The van der Waals surface area contributed by atoms with Crippen LogP contribution in [-0.2, 0) is 0 Å². The van der Waals surface area contributed by atoms with Crippen molar-refractivity contribution in [1.82, 2.24) is 0 Å². The highest BCUT2D eigenvalue weighted by Crippen LogP contribution is 2.43. The molecule has 1 aliphatic rings. The van der Waals surface area contributed by atoms with Gasteiger partial charge in [-0.1, -0.05) is 30.3 Å². The molecule has 0 spiro atoms. The highest BCUT2D eigenvalue weighted by atomic mass is 16.5. The van der Waals surface area contributed by atoms with E-state index < -0.39 is 0 Å². The standard InChI is InChI=1S/C29H28N2O5/c1-33-19-11-9-18(10-12-19)31-25(21-13-14-27(34-2)22-8-6-5-7-20(21)22)16-24(30-31)23-15-28(35-3)29(36-4)17-26(23)32/h5-15,17,25,32H,16H2,1-4H3. The largest absolute Gasteiger partial charge is 0.507 e. The van der Waals surface area contributed by atoms with E-state index in [1.54, 1.807) is 40.6 Å². The summed E-state index contributed by atoms with van der Waals surface area (Å²) >= 11 is 0. The molecule has 0 radical (unpaired) electrons. The van der Waals surface area contributed by atoms with Gasteiger partial charge in [0, 0.05) is 23.4 Å². The Kier molecular flexibility index (Phi) is 6.29. The maximum Gasteiger partial charge on any atom is 0.164 e. The molecule has 184 valence electrons. The summed E-state index contributed by atoms with van der Waals surface area (Å²) in [5, 5.41) is 20.0. The number of ether oxygens (including phenoxy) is 4. The Morgan fingerprint density at radius 1 is 0.750 bits per heavy atom. The monoisotopic (exact) mass is 484 g/mol. The number of hydrogen-bond acceptors (Lipinski definition) is 7. The van der Waals surface area contributed by atoms with E-state index in [2.05, 4.69) is 18.2 Å². The number of hydrogen-bond donors (Lipinski definition) is 1. The number of phenols is 1. The number of nitrogens with zero attached hydrogens (tertiary/aromatic N) is 2. The Bertz CT molecular complexity index is 1430. The Hall–Kier alpha value is -4.39. The van der Waals surface area contributed by atoms with Gasteiger partial charge in [-0.3, -0.25) is 5.01 Å². The van der Waals surface area contributed by atoms with Crippen LogP contribution in [0.5, 0.6) is 28.7 Å². The quantitative estimate of drug-likeness (QED) is 0.350. The van der Waals surface area contributed by atoms with Crippen molar-refractivity contribution in [2.45, 2.75) is 12.5 Å². The summed E-state index contributed by atoms with van der Waals surface area (Å²) in [4.78, 5) is 0. The maximum atomic E-state index is 10.9. The third-order valence-electron chi connectivity index (χ3n) is 6.56. The molecule has 4 aromatic rings. The second-order valence-electron chi connectivity index (χ2n) is 8.44. The van der Waals surface area contributed by atoms with E-state index in [9.17, 15) is 5.11 Å². The SMILES string of the molecule is COc1ccc(N2N=C(c3cc(OC)c(OC)cc3O)CC2c2ccc(OC)c3ccccc23)cc1. The number of anilines is 1. The number of hydrazone groups is 1. The average Bonchev–Trinajstić information content (AvgIpc) is 3.37. The number of aromatic hydroxyl groups is 1. The maximum absolute atomic E-state index is 10.9. The summed E-state index contributed by atoms with van der Waals surface area (Å²) in [5.41, 5.74) is 3.37. The van der Waals surface area contributed by atoms with Gasteiger partial charge in [0.1, 0.15) is 17.2 Å². The van der Waals surface area contributed by atoms with Crippen LogP contribution in [0.1, 0.15) is 23.6 Å². The fraction of sp³-hybridized carbons (Fsp3) is 0.207. The third-order valence-corrected chi connectivity index (χ3v) is 6.56. The fourth-order valence-corrected chi connectivity index (χ4v) is 4.75. The molecule has 0 amide bonds. The number of benzene rings is 4. The van der Waals surface area contributed by atoms with E-state index in [0.717, 1.165) is 39.2 Å². The van der Waals surface area contributed by atoms with Gasteiger partial charge in [-0.05, 0) is 47.3 Å². The average molecular weight is 485 g/mol. The second-order valence-corrected chi connectivity index (χ2v) is 8.44. The highest BCUT2D eigenvalue weighted by Gasteiger charge is 2.33. The summed E-state index contributed by atoms with van der Waals surface area (Å²) in [6, 6.07) is 23.3. The van der Waals surface area contributed by atoms with Crippen LogP contribution >= 0.6 is 0 Å². The molecule has 0 bridgehead atoms. The molecule has 1 N–H and O–H groups in total. The molecule has 0 aromatic heterocycles. The van der Waals surface area contributed by atoms with Gasteiger partial charge in [-0.25, -0.2) is 0 Å². The molecule has 7 heteroatoms. The molecule has 5 rings (SSSR count). The molecule has 1 unspecified atom stereocenters. The third kappa shape index (κ3) is 4.02. The molecule has 0 aliphatic carbocycles. The predicted molar refractivity (Wildman–Crippen MR) is 141 cm³/mol. The lowest BCUT2D eigenvalue weighted by atomic mass is 9.93. The van der Waals surface area contributed by atoms with Crippen LogP contribution in [0.2, 0.25) is 0 Å². The van der Waals surface area contributed by atoms with E-state index in [1.807, 2.05) is 47.5 Å². The van der Waals surface area contributed by atoms with Crippen LogP contribution in [0.15, 0.2) is 77.9 Å². The van der Waals surface area contributed by atoms with Crippen molar-refractivity contribution in [2.75, 3.05) is 33.4 Å².